The van der Waals surface area contributed by atoms with Gasteiger partial charge in [-0.3, -0.25) is 0 Å². The normalized spacial score (nSPS) is 15.5. The van der Waals surface area contributed by atoms with Crippen molar-refractivity contribution in [3.63, 3.8) is 0 Å². The number of hydrogen-bond donors (Lipinski definition) is 2. The van der Waals surface area contributed by atoms with Crippen molar-refractivity contribution in [2.75, 3.05) is 30.8 Å². The lowest BCUT2D eigenvalue weighted by Crippen LogP contribution is -2.48. The molecule has 6 nitrogen and oxygen atoms in total. The highest BCUT2D eigenvalue weighted by atomic mass is 16.2. The molecule has 4 aromatic rings. The number of benzene rings is 3. The van der Waals surface area contributed by atoms with E-state index in [0.717, 1.165) is 50.2 Å². The van der Waals surface area contributed by atoms with Crippen molar-refractivity contribution in [3.05, 3.63) is 107 Å². The molecule has 0 radical (unpaired) electrons. The minimum Gasteiger partial charge on any atom is -0.357 e. The molecule has 1 aromatic heterocycles. The summed E-state index contributed by atoms with van der Waals surface area (Å²) in [6.45, 7) is 1.44. The van der Waals surface area contributed by atoms with E-state index in [9.17, 15) is 4.79 Å². The maximum atomic E-state index is 13.1. The van der Waals surface area contributed by atoms with Crippen molar-refractivity contribution in [2.45, 2.75) is 31.1 Å². The topological polar surface area (TPSA) is 70.2 Å². The van der Waals surface area contributed by atoms with E-state index in [1.807, 2.05) is 36.3 Å². The molecular weight excluding hydrogens is 458 g/mol. The van der Waals surface area contributed by atoms with Crippen molar-refractivity contribution >= 4 is 17.7 Å². The predicted molar refractivity (Wildman–Crippen MR) is 148 cm³/mol. The highest BCUT2D eigenvalue weighted by molar-refractivity contribution is 5.89. The molecule has 2 amide bonds. The molecule has 2 heterocycles. The highest BCUT2D eigenvalue weighted by Crippen LogP contribution is 2.47. The van der Waals surface area contributed by atoms with E-state index < -0.39 is 0 Å². The number of fused-ring (bicyclic) bond motifs is 4. The SMILES string of the molecule is CNc1ncc2c(n1)-c1ccccc1C1(CCN(C(=O)Nc3ccc(Cc4ccccc4)cc3)CC1)C2. The highest BCUT2D eigenvalue weighted by Gasteiger charge is 2.42. The van der Waals surface area contributed by atoms with Gasteiger partial charge in [-0.15, -0.1) is 0 Å². The van der Waals surface area contributed by atoms with Gasteiger partial charge in [0, 0.05) is 43.0 Å². The predicted octanol–water partition coefficient (Wildman–Crippen LogP) is 5.90. The Kier molecular flexibility index (Phi) is 6.08. The van der Waals surface area contributed by atoms with Gasteiger partial charge in [-0.05, 0) is 60.1 Å². The Morgan fingerprint density at radius 1 is 0.919 bits per heavy atom. The van der Waals surface area contributed by atoms with Crippen molar-refractivity contribution in [2.24, 2.45) is 0 Å². The van der Waals surface area contributed by atoms with E-state index in [1.165, 1.54) is 27.8 Å². The number of hydrogen-bond acceptors (Lipinski definition) is 4. The fourth-order valence-corrected chi connectivity index (χ4v) is 5.83. The van der Waals surface area contributed by atoms with Crippen LogP contribution >= 0.6 is 0 Å². The van der Waals surface area contributed by atoms with Crippen LogP contribution in [0, 0.1) is 0 Å². The zero-order valence-electron chi connectivity index (χ0n) is 21.1. The molecule has 0 saturated carbocycles. The fraction of sp³-hybridized carbons (Fsp3) is 0.258. The van der Waals surface area contributed by atoms with Gasteiger partial charge >= 0.3 is 6.03 Å². The zero-order chi connectivity index (χ0) is 25.2. The zero-order valence-corrected chi connectivity index (χ0v) is 21.1. The van der Waals surface area contributed by atoms with E-state index in [-0.39, 0.29) is 11.4 Å². The summed E-state index contributed by atoms with van der Waals surface area (Å²) in [5, 5.41) is 6.16. The van der Waals surface area contributed by atoms with Crippen LogP contribution in [0.1, 0.15) is 35.1 Å². The number of amides is 2. The number of carbonyl (C=O) groups is 1. The Morgan fingerprint density at radius 2 is 1.62 bits per heavy atom. The Morgan fingerprint density at radius 3 is 2.38 bits per heavy atom. The van der Waals surface area contributed by atoms with Gasteiger partial charge < -0.3 is 15.5 Å². The Bertz CT molecular complexity index is 1410. The Hall–Kier alpha value is -4.19. The molecule has 186 valence electrons. The molecule has 2 aliphatic rings. The third kappa shape index (κ3) is 4.55. The van der Waals surface area contributed by atoms with Crippen LogP contribution < -0.4 is 10.6 Å². The van der Waals surface area contributed by atoms with Crippen LogP contribution in [-0.2, 0) is 18.3 Å². The van der Waals surface area contributed by atoms with Crippen LogP contribution in [0.3, 0.4) is 0 Å². The van der Waals surface area contributed by atoms with Crippen LogP contribution in [0.25, 0.3) is 11.3 Å². The number of piperidine rings is 1. The number of rotatable bonds is 4. The van der Waals surface area contributed by atoms with Crippen molar-refractivity contribution in [3.8, 4) is 11.3 Å². The molecule has 6 heteroatoms. The first-order valence-electron chi connectivity index (χ1n) is 13.0. The number of carbonyl (C=O) groups excluding carboxylic acids is 1. The third-order valence-corrected chi connectivity index (χ3v) is 7.83. The summed E-state index contributed by atoms with van der Waals surface area (Å²) in [6.07, 6.45) is 5.59. The number of anilines is 2. The van der Waals surface area contributed by atoms with Gasteiger partial charge in [0.25, 0.3) is 0 Å². The van der Waals surface area contributed by atoms with Gasteiger partial charge in [0.1, 0.15) is 0 Å². The second-order valence-corrected chi connectivity index (χ2v) is 10.1. The number of urea groups is 1. The monoisotopic (exact) mass is 489 g/mol. The van der Waals surface area contributed by atoms with Gasteiger partial charge in [0.05, 0.1) is 5.69 Å². The molecule has 0 unspecified atom stereocenters. The first kappa shape index (κ1) is 23.2. The quantitative estimate of drug-likeness (QED) is 0.375. The number of likely N-dealkylation sites (tertiary alicyclic amines) is 1. The average molecular weight is 490 g/mol. The third-order valence-electron chi connectivity index (χ3n) is 7.83. The van der Waals surface area contributed by atoms with Gasteiger partial charge in [0.15, 0.2) is 0 Å². The summed E-state index contributed by atoms with van der Waals surface area (Å²) in [4.78, 5) is 24.3. The fourth-order valence-electron chi connectivity index (χ4n) is 5.83. The summed E-state index contributed by atoms with van der Waals surface area (Å²) in [5.41, 5.74) is 8.09. The first-order valence-corrected chi connectivity index (χ1v) is 13.0. The summed E-state index contributed by atoms with van der Waals surface area (Å²) < 4.78 is 0. The summed E-state index contributed by atoms with van der Waals surface area (Å²) in [7, 11) is 1.85. The first-order chi connectivity index (χ1) is 18.1. The standard InChI is InChI=1S/C31H31N5O/c1-32-29-33-21-24-20-31(27-10-6-5-9-26(27)28(24)35-29)15-17-36(18-16-31)30(37)34-25-13-11-23(12-14-25)19-22-7-3-2-4-8-22/h2-14,21H,15-20H2,1H3,(H,34,37)(H,32,33,35). The largest absolute Gasteiger partial charge is 0.357 e. The summed E-state index contributed by atoms with van der Waals surface area (Å²) in [6, 6.07) is 27.2. The van der Waals surface area contributed by atoms with Gasteiger partial charge in [-0.1, -0.05) is 66.7 Å². The van der Waals surface area contributed by atoms with Gasteiger partial charge in [0.2, 0.25) is 5.95 Å². The maximum Gasteiger partial charge on any atom is 0.321 e. The van der Waals surface area contributed by atoms with E-state index in [0.29, 0.717) is 5.95 Å². The van der Waals surface area contributed by atoms with Crippen molar-refractivity contribution in [1.29, 1.82) is 0 Å². The number of nitrogens with zero attached hydrogens (tertiary/aromatic N) is 3. The molecule has 6 rings (SSSR count). The molecule has 1 fully saturated rings. The number of aromatic nitrogens is 2. The summed E-state index contributed by atoms with van der Waals surface area (Å²) in [5.74, 6) is 0.643. The molecule has 1 spiro atoms. The maximum absolute atomic E-state index is 13.1. The molecule has 1 aliphatic heterocycles. The lowest BCUT2D eigenvalue weighted by molar-refractivity contribution is 0.166. The number of nitrogens with one attached hydrogen (secondary N) is 2. The van der Waals surface area contributed by atoms with Crippen LogP contribution in [0.2, 0.25) is 0 Å². The van der Waals surface area contributed by atoms with E-state index >= 15 is 0 Å². The minimum atomic E-state index is -0.0304. The second kappa shape index (κ2) is 9.69. The molecule has 0 atom stereocenters. The molecule has 2 N–H and O–H groups in total. The molecular formula is C31H31N5O. The Labute approximate surface area is 217 Å². The van der Waals surface area contributed by atoms with Crippen LogP contribution in [0.4, 0.5) is 16.4 Å². The molecule has 1 aliphatic carbocycles. The molecule has 0 bridgehead atoms. The second-order valence-electron chi connectivity index (χ2n) is 10.1. The molecule has 3 aromatic carbocycles. The van der Waals surface area contributed by atoms with Crippen LogP contribution in [0.15, 0.2) is 85.1 Å². The molecule has 37 heavy (non-hydrogen) atoms. The molecule has 1 saturated heterocycles. The summed E-state index contributed by atoms with van der Waals surface area (Å²) >= 11 is 0. The van der Waals surface area contributed by atoms with E-state index in [4.69, 9.17) is 4.98 Å². The van der Waals surface area contributed by atoms with Crippen molar-refractivity contribution in [1.82, 2.24) is 14.9 Å². The van der Waals surface area contributed by atoms with Gasteiger partial charge in [-0.25, -0.2) is 14.8 Å². The average Bonchev–Trinajstić information content (AvgIpc) is 2.95. The van der Waals surface area contributed by atoms with E-state index in [2.05, 4.69) is 76.3 Å². The van der Waals surface area contributed by atoms with E-state index in [1.54, 1.807) is 0 Å². The van der Waals surface area contributed by atoms with Crippen LogP contribution in [-0.4, -0.2) is 41.0 Å². The van der Waals surface area contributed by atoms with Gasteiger partial charge in [-0.2, -0.15) is 0 Å². The van der Waals surface area contributed by atoms with Crippen molar-refractivity contribution < 1.29 is 4.79 Å². The minimum absolute atomic E-state index is 0.00395. The lowest BCUT2D eigenvalue weighted by atomic mass is 9.64. The smallest absolute Gasteiger partial charge is 0.321 e. The Balaban J connectivity index is 1.13. The van der Waals surface area contributed by atoms with Crippen LogP contribution in [0.5, 0.6) is 0 Å². The lowest BCUT2D eigenvalue weighted by Gasteiger charge is -2.45.